The molecule has 2 aromatic heterocycles. The van der Waals surface area contributed by atoms with Crippen molar-refractivity contribution in [2.24, 2.45) is 0 Å². The Morgan fingerprint density at radius 2 is 2.00 bits per heavy atom. The van der Waals surface area contributed by atoms with Gasteiger partial charge in [-0.05, 0) is 30.3 Å². The van der Waals surface area contributed by atoms with Gasteiger partial charge >= 0.3 is 0 Å². The van der Waals surface area contributed by atoms with Gasteiger partial charge in [-0.1, -0.05) is 30.7 Å². The van der Waals surface area contributed by atoms with Gasteiger partial charge in [0.15, 0.2) is 5.65 Å². The molecule has 6 nitrogen and oxygen atoms in total. The fraction of sp³-hybridized carbons (Fsp3) is 0.167. The summed E-state index contributed by atoms with van der Waals surface area (Å²) in [6.07, 6.45) is 0.749. The predicted octanol–water partition coefficient (Wildman–Crippen LogP) is 4.25. The van der Waals surface area contributed by atoms with E-state index in [4.69, 9.17) is 21.3 Å². The largest absolute Gasteiger partial charge is 0.495 e. The van der Waals surface area contributed by atoms with Crippen LogP contribution in [0, 0.1) is 0 Å². The van der Waals surface area contributed by atoms with Crippen molar-refractivity contribution in [3.8, 4) is 5.75 Å². The van der Waals surface area contributed by atoms with E-state index in [1.54, 1.807) is 13.2 Å². The van der Waals surface area contributed by atoms with E-state index in [1.807, 2.05) is 47.7 Å². The Bertz CT molecular complexity index is 1080. The van der Waals surface area contributed by atoms with Gasteiger partial charge in [-0.25, -0.2) is 9.38 Å². The normalized spacial score (nSPS) is 11.2. The van der Waals surface area contributed by atoms with E-state index in [1.165, 1.54) is 0 Å². The molecule has 126 valence electrons. The van der Waals surface area contributed by atoms with Gasteiger partial charge in [-0.2, -0.15) is 0 Å². The van der Waals surface area contributed by atoms with Crippen LogP contribution in [-0.2, 0) is 6.42 Å². The van der Waals surface area contributed by atoms with E-state index in [-0.39, 0.29) is 0 Å². The molecule has 0 bridgehead atoms. The van der Waals surface area contributed by atoms with Crippen molar-refractivity contribution >= 4 is 39.8 Å². The number of nitrogens with zero attached hydrogens (tertiary/aromatic N) is 4. The van der Waals surface area contributed by atoms with Crippen molar-refractivity contribution in [2.75, 3.05) is 12.4 Å². The minimum Gasteiger partial charge on any atom is -0.495 e. The van der Waals surface area contributed by atoms with Crippen LogP contribution >= 0.6 is 11.6 Å². The molecule has 2 heterocycles. The highest BCUT2D eigenvalue weighted by molar-refractivity contribution is 6.32. The molecule has 0 spiro atoms. The van der Waals surface area contributed by atoms with Crippen molar-refractivity contribution in [1.82, 2.24) is 19.6 Å². The summed E-state index contributed by atoms with van der Waals surface area (Å²) in [7, 11) is 1.59. The van der Waals surface area contributed by atoms with Gasteiger partial charge in [-0.3, -0.25) is 0 Å². The summed E-state index contributed by atoms with van der Waals surface area (Å²) in [4.78, 5) is 4.75. The zero-order valence-corrected chi connectivity index (χ0v) is 14.6. The maximum Gasteiger partial charge on any atom is 0.215 e. The third kappa shape index (κ3) is 2.64. The van der Waals surface area contributed by atoms with Crippen LogP contribution in [0.3, 0.4) is 0 Å². The lowest BCUT2D eigenvalue weighted by atomic mass is 10.2. The highest BCUT2D eigenvalue weighted by Gasteiger charge is 2.14. The standard InChI is InChI=1S/C18H16ClN5O/c1-3-16-22-23-17-12-6-4-5-7-14(12)21-18(24(16)17)20-11-8-9-15(25-2)13(19)10-11/h4-10H,3H2,1-2H3,(H,20,21). The molecule has 2 aromatic carbocycles. The minimum absolute atomic E-state index is 0.531. The monoisotopic (exact) mass is 353 g/mol. The zero-order chi connectivity index (χ0) is 17.4. The Kier molecular flexibility index (Phi) is 3.89. The Balaban J connectivity index is 1.90. The third-order valence-electron chi connectivity index (χ3n) is 4.04. The first-order valence-corrected chi connectivity index (χ1v) is 8.32. The predicted molar refractivity (Wildman–Crippen MR) is 99.0 cm³/mol. The first-order chi connectivity index (χ1) is 12.2. The number of nitrogens with one attached hydrogen (secondary N) is 1. The Morgan fingerprint density at radius 1 is 1.16 bits per heavy atom. The summed E-state index contributed by atoms with van der Waals surface area (Å²) in [5, 5.41) is 13.5. The number of ether oxygens (including phenoxy) is 1. The number of methoxy groups -OCH3 is 1. The molecule has 0 saturated carbocycles. The number of anilines is 2. The summed E-state index contributed by atoms with van der Waals surface area (Å²) in [6.45, 7) is 2.04. The molecule has 7 heteroatoms. The smallest absolute Gasteiger partial charge is 0.215 e. The molecule has 0 aliphatic rings. The highest BCUT2D eigenvalue weighted by Crippen LogP contribution is 2.30. The molecule has 1 N–H and O–H groups in total. The van der Waals surface area contributed by atoms with Crippen LogP contribution in [0.15, 0.2) is 42.5 Å². The first kappa shape index (κ1) is 15.7. The number of para-hydroxylation sites is 1. The lowest BCUT2D eigenvalue weighted by Crippen LogP contribution is -2.05. The van der Waals surface area contributed by atoms with E-state index in [0.717, 1.165) is 34.5 Å². The van der Waals surface area contributed by atoms with E-state index < -0.39 is 0 Å². The van der Waals surface area contributed by atoms with Crippen LogP contribution in [0.25, 0.3) is 16.6 Å². The van der Waals surface area contributed by atoms with Gasteiger partial charge in [-0.15, -0.1) is 10.2 Å². The van der Waals surface area contributed by atoms with Crippen LogP contribution in [-0.4, -0.2) is 26.7 Å². The van der Waals surface area contributed by atoms with Gasteiger partial charge in [0.2, 0.25) is 5.95 Å². The summed E-state index contributed by atoms with van der Waals surface area (Å²) in [5.74, 6) is 2.12. The topological polar surface area (TPSA) is 64.3 Å². The highest BCUT2D eigenvalue weighted by atomic mass is 35.5. The number of halogens is 1. The Hall–Kier alpha value is -2.86. The lowest BCUT2D eigenvalue weighted by Gasteiger charge is -2.12. The molecule has 4 aromatic rings. The average Bonchev–Trinajstić information content (AvgIpc) is 3.07. The summed E-state index contributed by atoms with van der Waals surface area (Å²) in [5.41, 5.74) is 2.45. The van der Waals surface area contributed by atoms with Gasteiger partial charge in [0.25, 0.3) is 0 Å². The molecule has 25 heavy (non-hydrogen) atoms. The molecule has 4 rings (SSSR count). The van der Waals surface area contributed by atoms with Crippen LogP contribution in [0.1, 0.15) is 12.7 Å². The third-order valence-corrected chi connectivity index (χ3v) is 4.33. The number of aryl methyl sites for hydroxylation is 1. The molecule has 0 radical (unpaired) electrons. The Morgan fingerprint density at radius 3 is 2.76 bits per heavy atom. The van der Waals surface area contributed by atoms with Crippen molar-refractivity contribution in [2.45, 2.75) is 13.3 Å². The van der Waals surface area contributed by atoms with E-state index in [0.29, 0.717) is 16.7 Å². The number of hydrogen-bond donors (Lipinski definition) is 1. The zero-order valence-electron chi connectivity index (χ0n) is 13.8. The van der Waals surface area contributed by atoms with Crippen LogP contribution < -0.4 is 10.1 Å². The summed E-state index contributed by atoms with van der Waals surface area (Å²) in [6, 6.07) is 13.4. The second-order valence-electron chi connectivity index (χ2n) is 5.56. The fourth-order valence-electron chi connectivity index (χ4n) is 2.82. The molecule has 0 amide bonds. The molecule has 0 aliphatic carbocycles. The van der Waals surface area contributed by atoms with Crippen molar-refractivity contribution in [3.63, 3.8) is 0 Å². The minimum atomic E-state index is 0.531. The van der Waals surface area contributed by atoms with Crippen molar-refractivity contribution < 1.29 is 4.74 Å². The fourth-order valence-corrected chi connectivity index (χ4v) is 3.08. The molecular formula is C18H16ClN5O. The second kappa shape index (κ2) is 6.22. The maximum atomic E-state index is 6.23. The maximum absolute atomic E-state index is 6.23. The average molecular weight is 354 g/mol. The number of aromatic nitrogens is 4. The van der Waals surface area contributed by atoms with Crippen LogP contribution in [0.4, 0.5) is 11.6 Å². The summed E-state index contributed by atoms with van der Waals surface area (Å²) >= 11 is 6.23. The number of fused-ring (bicyclic) bond motifs is 3. The molecule has 0 unspecified atom stereocenters. The van der Waals surface area contributed by atoms with Crippen LogP contribution in [0.5, 0.6) is 5.75 Å². The van der Waals surface area contributed by atoms with E-state index in [9.17, 15) is 0 Å². The van der Waals surface area contributed by atoms with Gasteiger partial charge in [0.05, 0.1) is 17.6 Å². The van der Waals surface area contributed by atoms with Crippen molar-refractivity contribution in [1.29, 1.82) is 0 Å². The molecule has 0 aliphatic heterocycles. The number of hydrogen-bond acceptors (Lipinski definition) is 5. The second-order valence-corrected chi connectivity index (χ2v) is 5.96. The molecular weight excluding hydrogens is 338 g/mol. The molecule has 0 saturated heterocycles. The Labute approximate surface area is 149 Å². The first-order valence-electron chi connectivity index (χ1n) is 7.94. The quantitative estimate of drug-likeness (QED) is 0.594. The van der Waals surface area contributed by atoms with Gasteiger partial charge in [0.1, 0.15) is 11.6 Å². The summed E-state index contributed by atoms with van der Waals surface area (Å²) < 4.78 is 7.15. The number of rotatable bonds is 4. The lowest BCUT2D eigenvalue weighted by molar-refractivity contribution is 0.415. The van der Waals surface area contributed by atoms with E-state index in [2.05, 4.69) is 15.5 Å². The molecule has 0 atom stereocenters. The van der Waals surface area contributed by atoms with E-state index >= 15 is 0 Å². The van der Waals surface area contributed by atoms with Crippen molar-refractivity contribution in [3.05, 3.63) is 53.3 Å². The van der Waals surface area contributed by atoms with Gasteiger partial charge in [0, 0.05) is 17.5 Å². The SMILES string of the molecule is CCc1nnc2c3ccccc3nc(Nc3ccc(OC)c(Cl)c3)n12. The van der Waals surface area contributed by atoms with Gasteiger partial charge < -0.3 is 10.1 Å². The number of benzene rings is 2. The molecule has 0 fully saturated rings. The van der Waals surface area contributed by atoms with Crippen LogP contribution in [0.2, 0.25) is 5.02 Å².